The Morgan fingerprint density at radius 3 is 2.55 bits per heavy atom. The Morgan fingerprint density at radius 1 is 1.14 bits per heavy atom. The molecule has 0 bridgehead atoms. The molecule has 1 aliphatic heterocycles. The van der Waals surface area contributed by atoms with E-state index in [2.05, 4.69) is 5.32 Å². The van der Waals surface area contributed by atoms with Crippen molar-refractivity contribution in [1.82, 2.24) is 0 Å². The molecule has 0 radical (unpaired) electrons. The van der Waals surface area contributed by atoms with Crippen LogP contribution in [0.25, 0.3) is 0 Å². The Kier molecular flexibility index (Phi) is 5.97. The summed E-state index contributed by atoms with van der Waals surface area (Å²) in [6.45, 7) is 10.8. The Morgan fingerprint density at radius 2 is 1.86 bits per heavy atom. The average molecular weight is 401 g/mol. The van der Waals surface area contributed by atoms with Crippen LogP contribution in [0, 0.1) is 30.9 Å². The van der Waals surface area contributed by atoms with E-state index >= 15 is 4.39 Å². The number of carbonyl (C=O) groups is 1. The predicted molar refractivity (Wildman–Crippen MR) is 114 cm³/mol. The molecule has 0 unspecified atom stereocenters. The molecule has 0 aromatic heterocycles. The van der Waals surface area contributed by atoms with Gasteiger partial charge in [-0.2, -0.15) is 0 Å². The largest absolute Gasteiger partial charge is 0.365 e. The summed E-state index contributed by atoms with van der Waals surface area (Å²) in [4.78, 5) is 14.4. The van der Waals surface area contributed by atoms with Crippen LogP contribution < -0.4 is 10.2 Å². The number of fused-ring (bicyclic) bond motifs is 1. The van der Waals surface area contributed by atoms with E-state index in [1.807, 2.05) is 38.7 Å². The lowest BCUT2D eigenvalue weighted by Crippen LogP contribution is -2.25. The highest BCUT2D eigenvalue weighted by Gasteiger charge is 2.23. The van der Waals surface area contributed by atoms with Gasteiger partial charge in [0, 0.05) is 30.8 Å². The molecule has 29 heavy (non-hydrogen) atoms. The number of carbonyl (C=O) groups excluding carboxylic acids is 1. The lowest BCUT2D eigenvalue weighted by atomic mass is 9.92. The van der Waals surface area contributed by atoms with Crippen molar-refractivity contribution in [2.75, 3.05) is 16.8 Å². The molecule has 1 heterocycles. The van der Waals surface area contributed by atoms with Crippen molar-refractivity contribution in [2.24, 2.45) is 5.41 Å². The van der Waals surface area contributed by atoms with Crippen LogP contribution in [-0.4, -0.2) is 12.5 Å². The second-order valence-corrected chi connectivity index (χ2v) is 9.25. The maximum atomic E-state index is 15.3. The molecule has 3 nitrogen and oxygen atoms in total. The lowest BCUT2D eigenvalue weighted by Gasteiger charge is -2.26. The fourth-order valence-electron chi connectivity index (χ4n) is 3.96. The van der Waals surface area contributed by atoms with Gasteiger partial charge in [0.25, 0.3) is 0 Å². The first-order valence-corrected chi connectivity index (χ1v) is 10.2. The molecular weight excluding hydrogens is 370 g/mol. The number of hydrogen-bond donors (Lipinski definition) is 1. The van der Waals surface area contributed by atoms with Gasteiger partial charge in [0.05, 0.1) is 5.69 Å². The number of amides is 1. The summed E-state index contributed by atoms with van der Waals surface area (Å²) in [5, 5.41) is 2.90. The highest BCUT2D eigenvalue weighted by atomic mass is 19.1. The number of anilines is 2. The average Bonchev–Trinajstić information content (AvgIpc) is 2.82. The molecule has 0 fully saturated rings. The molecule has 1 aliphatic rings. The van der Waals surface area contributed by atoms with Crippen molar-refractivity contribution in [1.29, 1.82) is 0 Å². The van der Waals surface area contributed by atoms with Crippen molar-refractivity contribution in [3.63, 3.8) is 0 Å². The van der Waals surface area contributed by atoms with E-state index in [1.165, 1.54) is 6.07 Å². The molecule has 0 saturated carbocycles. The summed E-state index contributed by atoms with van der Waals surface area (Å²) in [6.07, 6.45) is 1.98. The molecule has 2 aromatic carbocycles. The van der Waals surface area contributed by atoms with Crippen molar-refractivity contribution in [2.45, 2.75) is 60.4 Å². The number of nitrogens with zero attached hydrogens (tertiary/aromatic N) is 1. The van der Waals surface area contributed by atoms with Crippen LogP contribution in [0.4, 0.5) is 20.2 Å². The van der Waals surface area contributed by atoms with Crippen molar-refractivity contribution in [3.05, 3.63) is 58.2 Å². The van der Waals surface area contributed by atoms with Crippen LogP contribution in [0.15, 0.2) is 24.3 Å². The zero-order valence-electron chi connectivity index (χ0n) is 18.0. The zero-order valence-corrected chi connectivity index (χ0v) is 18.0. The number of aryl methyl sites for hydroxylation is 2. The van der Waals surface area contributed by atoms with Crippen molar-refractivity contribution >= 4 is 17.3 Å². The predicted octanol–water partition coefficient (Wildman–Crippen LogP) is 5.91. The topological polar surface area (TPSA) is 32.3 Å². The highest BCUT2D eigenvalue weighted by Crippen LogP contribution is 2.34. The summed E-state index contributed by atoms with van der Waals surface area (Å²) in [7, 11) is 0. The van der Waals surface area contributed by atoms with Gasteiger partial charge in [0.2, 0.25) is 5.91 Å². The van der Waals surface area contributed by atoms with Gasteiger partial charge in [-0.1, -0.05) is 26.8 Å². The Labute approximate surface area is 172 Å². The standard InChI is InChI=1S/C24H30F2N2O/c1-15-11-20(22(26)16(2)23(15)27-21(29)13-24(3,4)5)28-10-6-7-17-12-19(25)9-8-18(17)14-28/h8-9,11-12H,6-7,10,13-14H2,1-5H3,(H,27,29). The van der Waals surface area contributed by atoms with Gasteiger partial charge < -0.3 is 10.2 Å². The van der Waals surface area contributed by atoms with Crippen LogP contribution >= 0.6 is 0 Å². The SMILES string of the molecule is Cc1cc(N2CCCc3cc(F)ccc3C2)c(F)c(C)c1NC(=O)CC(C)(C)C. The quantitative estimate of drug-likeness (QED) is 0.695. The molecule has 0 spiro atoms. The van der Waals surface area contributed by atoms with Crippen LogP contribution in [0.2, 0.25) is 0 Å². The van der Waals surface area contributed by atoms with Gasteiger partial charge in [-0.15, -0.1) is 0 Å². The van der Waals surface area contributed by atoms with E-state index in [9.17, 15) is 9.18 Å². The summed E-state index contributed by atoms with van der Waals surface area (Å²) in [5.41, 5.74) is 4.26. The Hall–Kier alpha value is -2.43. The van der Waals surface area contributed by atoms with Gasteiger partial charge in [-0.3, -0.25) is 4.79 Å². The molecular formula is C24H30F2N2O. The van der Waals surface area contributed by atoms with Gasteiger partial charge in [-0.05, 0) is 67.0 Å². The van der Waals surface area contributed by atoms with E-state index < -0.39 is 0 Å². The molecule has 3 rings (SSSR count). The molecule has 5 heteroatoms. The maximum Gasteiger partial charge on any atom is 0.224 e. The second kappa shape index (κ2) is 8.13. The summed E-state index contributed by atoms with van der Waals surface area (Å²) >= 11 is 0. The fourth-order valence-corrected chi connectivity index (χ4v) is 3.96. The Balaban J connectivity index is 1.89. The van der Waals surface area contributed by atoms with Crippen molar-refractivity contribution in [3.8, 4) is 0 Å². The fraction of sp³-hybridized carbons (Fsp3) is 0.458. The summed E-state index contributed by atoms with van der Waals surface area (Å²) in [5.74, 6) is -0.654. The first-order chi connectivity index (χ1) is 13.5. The third-order valence-electron chi connectivity index (χ3n) is 5.38. The number of nitrogens with one attached hydrogen (secondary N) is 1. The summed E-state index contributed by atoms with van der Waals surface area (Å²) in [6, 6.07) is 6.65. The monoisotopic (exact) mass is 400 g/mol. The van der Waals surface area contributed by atoms with Crippen LogP contribution in [0.1, 0.15) is 55.9 Å². The number of halogens is 2. The third-order valence-corrected chi connectivity index (χ3v) is 5.38. The van der Waals surface area contributed by atoms with Gasteiger partial charge in [0.15, 0.2) is 5.82 Å². The van der Waals surface area contributed by atoms with E-state index in [0.29, 0.717) is 36.4 Å². The molecule has 0 aliphatic carbocycles. The van der Waals surface area contributed by atoms with Crippen LogP contribution in [-0.2, 0) is 17.8 Å². The lowest BCUT2D eigenvalue weighted by molar-refractivity contribution is -0.117. The molecule has 1 N–H and O–H groups in total. The second-order valence-electron chi connectivity index (χ2n) is 9.25. The minimum absolute atomic E-state index is 0.110. The number of benzene rings is 2. The molecule has 0 atom stereocenters. The first-order valence-electron chi connectivity index (χ1n) is 10.2. The minimum atomic E-state index is -0.313. The molecule has 156 valence electrons. The van der Waals surface area contributed by atoms with Gasteiger partial charge in [0.1, 0.15) is 5.82 Å². The minimum Gasteiger partial charge on any atom is -0.365 e. The normalized spacial score (nSPS) is 14.4. The first kappa shape index (κ1) is 21.3. The van der Waals surface area contributed by atoms with E-state index in [0.717, 1.165) is 29.5 Å². The number of rotatable bonds is 3. The highest BCUT2D eigenvalue weighted by molar-refractivity contribution is 5.93. The molecule has 0 saturated heterocycles. The van der Waals surface area contributed by atoms with E-state index in [4.69, 9.17) is 0 Å². The maximum absolute atomic E-state index is 15.3. The smallest absolute Gasteiger partial charge is 0.224 e. The number of hydrogen-bond acceptors (Lipinski definition) is 2. The van der Waals surface area contributed by atoms with Crippen molar-refractivity contribution < 1.29 is 13.6 Å². The Bertz CT molecular complexity index is 931. The zero-order chi connectivity index (χ0) is 21.3. The van der Waals surface area contributed by atoms with Gasteiger partial charge >= 0.3 is 0 Å². The van der Waals surface area contributed by atoms with Crippen LogP contribution in [0.5, 0.6) is 0 Å². The summed E-state index contributed by atoms with van der Waals surface area (Å²) < 4.78 is 28.9. The molecule has 1 amide bonds. The van der Waals surface area contributed by atoms with Crippen LogP contribution in [0.3, 0.4) is 0 Å². The van der Waals surface area contributed by atoms with E-state index in [-0.39, 0.29) is 23.0 Å². The van der Waals surface area contributed by atoms with E-state index in [1.54, 1.807) is 19.1 Å². The van der Waals surface area contributed by atoms with Gasteiger partial charge in [-0.25, -0.2) is 8.78 Å². The molecule has 2 aromatic rings. The third kappa shape index (κ3) is 4.95.